The van der Waals surface area contributed by atoms with Crippen LogP contribution in [-0.2, 0) is 6.61 Å². The Balaban J connectivity index is 2.25. The molecular weight excluding hydrogens is 285 g/mol. The molecule has 4 nitrogen and oxygen atoms in total. The molecule has 0 aliphatic heterocycles. The summed E-state index contributed by atoms with van der Waals surface area (Å²) in [6.07, 6.45) is 0. The smallest absolute Gasteiger partial charge is 0.341 e. The fourth-order valence-corrected chi connectivity index (χ4v) is 1.90. The average molecular weight is 296 g/mol. The van der Waals surface area contributed by atoms with Gasteiger partial charge in [0.05, 0.1) is 0 Å². The van der Waals surface area contributed by atoms with E-state index in [-0.39, 0.29) is 29.2 Å². The highest BCUT2D eigenvalue weighted by molar-refractivity contribution is 6.30. The van der Waals surface area contributed by atoms with Crippen molar-refractivity contribution in [2.45, 2.75) is 6.61 Å². The molecule has 2 aromatic rings. The molecule has 0 aliphatic carbocycles. The number of nitrogens with two attached hydrogens (primary N) is 1. The topological polar surface area (TPSA) is 72.5 Å². The molecular formula is C14H11ClFNO3. The summed E-state index contributed by atoms with van der Waals surface area (Å²) in [5.74, 6) is -1.60. The maximum atomic E-state index is 13.5. The quantitative estimate of drug-likeness (QED) is 0.849. The SMILES string of the molecule is Nc1cccc(OCc2cc(Cl)ccc2F)c1C(=O)O. The number of carbonyl (C=O) groups is 1. The van der Waals surface area contributed by atoms with E-state index in [9.17, 15) is 9.18 Å². The van der Waals surface area contributed by atoms with Gasteiger partial charge in [-0.05, 0) is 30.3 Å². The number of aromatic carboxylic acids is 1. The van der Waals surface area contributed by atoms with E-state index < -0.39 is 11.8 Å². The Kier molecular flexibility index (Phi) is 4.10. The molecule has 0 atom stereocenters. The van der Waals surface area contributed by atoms with Gasteiger partial charge in [0.25, 0.3) is 0 Å². The number of halogens is 2. The molecule has 0 bridgehead atoms. The normalized spacial score (nSPS) is 10.3. The van der Waals surface area contributed by atoms with Crippen LogP contribution in [0.25, 0.3) is 0 Å². The minimum atomic E-state index is -1.20. The highest BCUT2D eigenvalue weighted by Crippen LogP contribution is 2.26. The predicted octanol–water partition coefficient (Wildman–Crippen LogP) is 3.34. The largest absolute Gasteiger partial charge is 0.488 e. The average Bonchev–Trinajstić information content (AvgIpc) is 2.39. The second-order valence-electron chi connectivity index (χ2n) is 4.05. The number of hydrogen-bond acceptors (Lipinski definition) is 3. The number of rotatable bonds is 4. The first kappa shape index (κ1) is 14.1. The number of nitrogen functional groups attached to an aromatic ring is 1. The number of carboxylic acid groups (broad SMARTS) is 1. The lowest BCUT2D eigenvalue weighted by Crippen LogP contribution is -2.07. The molecule has 0 unspecified atom stereocenters. The van der Waals surface area contributed by atoms with Gasteiger partial charge in [-0.15, -0.1) is 0 Å². The summed E-state index contributed by atoms with van der Waals surface area (Å²) in [6.45, 7) is -0.143. The first-order chi connectivity index (χ1) is 9.49. The Labute approximate surface area is 119 Å². The van der Waals surface area contributed by atoms with Gasteiger partial charge in [0, 0.05) is 16.3 Å². The zero-order valence-electron chi connectivity index (χ0n) is 10.3. The standard InChI is InChI=1S/C14H11ClFNO3/c15-9-4-5-10(16)8(6-9)7-20-12-3-1-2-11(17)13(12)14(18)19/h1-6H,7,17H2,(H,18,19). The van der Waals surface area contributed by atoms with E-state index in [0.29, 0.717) is 5.02 Å². The van der Waals surface area contributed by atoms with Crippen LogP contribution in [0.5, 0.6) is 5.75 Å². The van der Waals surface area contributed by atoms with Crippen LogP contribution in [0.3, 0.4) is 0 Å². The van der Waals surface area contributed by atoms with Gasteiger partial charge in [-0.3, -0.25) is 0 Å². The molecule has 3 N–H and O–H groups in total. The first-order valence-electron chi connectivity index (χ1n) is 5.67. The lowest BCUT2D eigenvalue weighted by atomic mass is 10.1. The molecule has 0 radical (unpaired) electrons. The number of hydrogen-bond donors (Lipinski definition) is 2. The van der Waals surface area contributed by atoms with Crippen molar-refractivity contribution in [1.82, 2.24) is 0 Å². The maximum absolute atomic E-state index is 13.5. The number of carboxylic acids is 1. The molecule has 0 aromatic heterocycles. The lowest BCUT2D eigenvalue weighted by molar-refractivity contribution is 0.0693. The lowest BCUT2D eigenvalue weighted by Gasteiger charge is -2.11. The predicted molar refractivity (Wildman–Crippen MR) is 73.6 cm³/mol. The summed E-state index contributed by atoms with van der Waals surface area (Å²) in [5, 5.41) is 9.46. The van der Waals surface area contributed by atoms with Gasteiger partial charge in [0.2, 0.25) is 0 Å². The maximum Gasteiger partial charge on any atom is 0.341 e. The fraction of sp³-hybridized carbons (Fsp3) is 0.0714. The third-order valence-electron chi connectivity index (χ3n) is 2.66. The van der Waals surface area contributed by atoms with Crippen molar-refractivity contribution < 1.29 is 19.0 Å². The highest BCUT2D eigenvalue weighted by atomic mass is 35.5. The number of benzene rings is 2. The van der Waals surface area contributed by atoms with Crippen LogP contribution in [0.15, 0.2) is 36.4 Å². The van der Waals surface area contributed by atoms with E-state index in [4.69, 9.17) is 27.2 Å². The minimum Gasteiger partial charge on any atom is -0.488 e. The van der Waals surface area contributed by atoms with Crippen LogP contribution >= 0.6 is 11.6 Å². The van der Waals surface area contributed by atoms with E-state index in [1.807, 2.05) is 0 Å². The molecule has 2 aromatic carbocycles. The van der Waals surface area contributed by atoms with Gasteiger partial charge in [0.1, 0.15) is 23.7 Å². The van der Waals surface area contributed by atoms with Gasteiger partial charge in [-0.25, -0.2) is 9.18 Å². The van der Waals surface area contributed by atoms with Crippen molar-refractivity contribution in [3.63, 3.8) is 0 Å². The van der Waals surface area contributed by atoms with Crippen molar-refractivity contribution in [3.05, 3.63) is 58.4 Å². The summed E-state index contributed by atoms with van der Waals surface area (Å²) >= 11 is 5.77. The third kappa shape index (κ3) is 3.00. The van der Waals surface area contributed by atoms with Crippen molar-refractivity contribution in [1.29, 1.82) is 0 Å². The van der Waals surface area contributed by atoms with Gasteiger partial charge in [-0.2, -0.15) is 0 Å². The van der Waals surface area contributed by atoms with Crippen molar-refractivity contribution in [2.75, 3.05) is 5.73 Å². The van der Waals surface area contributed by atoms with Crippen LogP contribution in [-0.4, -0.2) is 11.1 Å². The van der Waals surface area contributed by atoms with Crippen molar-refractivity contribution in [2.24, 2.45) is 0 Å². The fourth-order valence-electron chi connectivity index (χ4n) is 1.71. The molecule has 6 heteroatoms. The third-order valence-corrected chi connectivity index (χ3v) is 2.90. The van der Waals surface area contributed by atoms with Crippen molar-refractivity contribution in [3.8, 4) is 5.75 Å². The highest BCUT2D eigenvalue weighted by Gasteiger charge is 2.15. The molecule has 0 saturated heterocycles. The minimum absolute atomic E-state index is 0.0804. The second-order valence-corrected chi connectivity index (χ2v) is 4.49. The molecule has 20 heavy (non-hydrogen) atoms. The Bertz CT molecular complexity index is 661. The van der Waals surface area contributed by atoms with Crippen LogP contribution in [0.4, 0.5) is 10.1 Å². The Morgan fingerprint density at radius 1 is 1.35 bits per heavy atom. The van der Waals surface area contributed by atoms with E-state index in [2.05, 4.69) is 0 Å². The molecule has 0 amide bonds. The van der Waals surface area contributed by atoms with Crippen LogP contribution in [0.2, 0.25) is 5.02 Å². The second kappa shape index (κ2) is 5.79. The summed E-state index contributed by atoms with van der Waals surface area (Å²) < 4.78 is 18.9. The summed E-state index contributed by atoms with van der Waals surface area (Å²) in [6, 6.07) is 8.54. The van der Waals surface area contributed by atoms with Crippen molar-refractivity contribution >= 4 is 23.3 Å². The Hall–Kier alpha value is -2.27. The molecule has 0 saturated carbocycles. The Morgan fingerprint density at radius 2 is 2.10 bits per heavy atom. The molecule has 0 heterocycles. The Morgan fingerprint density at radius 3 is 2.80 bits per heavy atom. The zero-order chi connectivity index (χ0) is 14.7. The van der Waals surface area contributed by atoms with Gasteiger partial charge in [0.15, 0.2) is 0 Å². The zero-order valence-corrected chi connectivity index (χ0v) is 11.0. The number of anilines is 1. The monoisotopic (exact) mass is 295 g/mol. The first-order valence-corrected chi connectivity index (χ1v) is 6.05. The van der Waals surface area contributed by atoms with Crippen LogP contribution < -0.4 is 10.5 Å². The van der Waals surface area contributed by atoms with E-state index >= 15 is 0 Å². The van der Waals surface area contributed by atoms with E-state index in [0.717, 1.165) is 0 Å². The molecule has 2 rings (SSSR count). The van der Waals surface area contributed by atoms with Gasteiger partial charge >= 0.3 is 5.97 Å². The van der Waals surface area contributed by atoms with Crippen LogP contribution in [0.1, 0.15) is 15.9 Å². The molecule has 0 spiro atoms. The van der Waals surface area contributed by atoms with Crippen LogP contribution in [0, 0.1) is 5.82 Å². The van der Waals surface area contributed by atoms with Gasteiger partial charge in [-0.1, -0.05) is 17.7 Å². The van der Waals surface area contributed by atoms with E-state index in [1.54, 1.807) is 6.07 Å². The summed E-state index contributed by atoms with van der Waals surface area (Å²) in [7, 11) is 0. The van der Waals surface area contributed by atoms with Gasteiger partial charge < -0.3 is 15.6 Å². The van der Waals surface area contributed by atoms with E-state index in [1.165, 1.54) is 30.3 Å². The molecule has 0 fully saturated rings. The molecule has 104 valence electrons. The summed E-state index contributed by atoms with van der Waals surface area (Å²) in [4.78, 5) is 11.1. The number of ether oxygens (including phenoxy) is 1. The molecule has 0 aliphatic rings. The summed E-state index contributed by atoms with van der Waals surface area (Å²) in [5.41, 5.74) is 5.76.